The maximum absolute atomic E-state index is 5.95. The molecular weight excluding hydrogens is 406 g/mol. The van der Waals surface area contributed by atoms with Crippen LogP contribution >= 0.6 is 23.7 Å². The molecule has 0 aliphatic heterocycles. The van der Waals surface area contributed by atoms with Crippen molar-refractivity contribution in [1.82, 2.24) is 5.32 Å². The van der Waals surface area contributed by atoms with Crippen LogP contribution in [0.1, 0.15) is 22.9 Å². The molecular formula is C23H28ClNO3S. The molecule has 0 saturated heterocycles. The van der Waals surface area contributed by atoms with E-state index in [2.05, 4.69) is 41.0 Å². The first kappa shape index (κ1) is 23.1. The Hall–Kier alpha value is -2.21. The summed E-state index contributed by atoms with van der Waals surface area (Å²) in [6.07, 6.45) is 0.977. The van der Waals surface area contributed by atoms with Crippen LogP contribution in [0.5, 0.6) is 17.2 Å². The van der Waals surface area contributed by atoms with Crippen LogP contribution in [-0.4, -0.2) is 20.3 Å². The maximum Gasteiger partial charge on any atom is 0.161 e. The van der Waals surface area contributed by atoms with Gasteiger partial charge in [0.05, 0.1) is 13.7 Å². The SMILES string of the molecule is CCOc1cc(CNCCc2ccc(OC)cc2)ccc1OCc1cccs1.Cl. The van der Waals surface area contributed by atoms with Gasteiger partial charge in [-0.15, -0.1) is 23.7 Å². The summed E-state index contributed by atoms with van der Waals surface area (Å²) in [5.41, 5.74) is 2.47. The summed E-state index contributed by atoms with van der Waals surface area (Å²) < 4.78 is 16.9. The molecule has 1 heterocycles. The quantitative estimate of drug-likeness (QED) is 0.406. The summed E-state index contributed by atoms with van der Waals surface area (Å²) in [4.78, 5) is 1.20. The van der Waals surface area contributed by atoms with Gasteiger partial charge in [0.2, 0.25) is 0 Å². The Balaban J connectivity index is 0.00000300. The number of nitrogens with one attached hydrogen (secondary N) is 1. The Kier molecular flexibility index (Phi) is 9.84. The first-order valence-electron chi connectivity index (χ1n) is 9.53. The highest BCUT2D eigenvalue weighted by atomic mass is 35.5. The minimum absolute atomic E-state index is 0. The van der Waals surface area contributed by atoms with Gasteiger partial charge in [-0.1, -0.05) is 24.3 Å². The van der Waals surface area contributed by atoms with E-state index in [0.29, 0.717) is 13.2 Å². The van der Waals surface area contributed by atoms with Crippen molar-refractivity contribution < 1.29 is 14.2 Å². The first-order valence-corrected chi connectivity index (χ1v) is 10.4. The molecule has 0 atom stereocenters. The zero-order chi connectivity index (χ0) is 19.6. The predicted molar refractivity (Wildman–Crippen MR) is 122 cm³/mol. The minimum atomic E-state index is 0. The van der Waals surface area contributed by atoms with Crippen LogP contribution in [0, 0.1) is 0 Å². The number of ether oxygens (including phenoxy) is 3. The first-order chi connectivity index (χ1) is 13.8. The Bertz CT molecular complexity index is 838. The van der Waals surface area contributed by atoms with Crippen molar-refractivity contribution in [2.75, 3.05) is 20.3 Å². The summed E-state index contributed by atoms with van der Waals surface area (Å²) in [5.74, 6) is 2.48. The molecule has 0 bridgehead atoms. The van der Waals surface area contributed by atoms with E-state index in [1.807, 2.05) is 31.2 Å². The number of thiophene rings is 1. The average Bonchev–Trinajstić information content (AvgIpc) is 3.25. The monoisotopic (exact) mass is 433 g/mol. The zero-order valence-electron chi connectivity index (χ0n) is 16.9. The third-order valence-corrected chi connectivity index (χ3v) is 5.19. The molecule has 1 N–H and O–H groups in total. The molecule has 3 aromatic rings. The molecule has 29 heavy (non-hydrogen) atoms. The maximum atomic E-state index is 5.95. The summed E-state index contributed by atoms with van der Waals surface area (Å²) in [6.45, 7) is 4.87. The van der Waals surface area contributed by atoms with Gasteiger partial charge in [0.1, 0.15) is 12.4 Å². The number of halogens is 1. The van der Waals surface area contributed by atoms with Crippen LogP contribution in [0.4, 0.5) is 0 Å². The largest absolute Gasteiger partial charge is 0.497 e. The minimum Gasteiger partial charge on any atom is -0.497 e. The van der Waals surface area contributed by atoms with Gasteiger partial charge in [-0.25, -0.2) is 0 Å². The number of benzene rings is 2. The highest BCUT2D eigenvalue weighted by Crippen LogP contribution is 2.29. The number of methoxy groups -OCH3 is 1. The van der Waals surface area contributed by atoms with Crippen LogP contribution in [0.2, 0.25) is 0 Å². The number of hydrogen-bond donors (Lipinski definition) is 1. The van der Waals surface area contributed by atoms with E-state index in [0.717, 1.165) is 36.8 Å². The third kappa shape index (κ3) is 7.28. The fourth-order valence-corrected chi connectivity index (χ4v) is 3.47. The van der Waals surface area contributed by atoms with Gasteiger partial charge < -0.3 is 19.5 Å². The van der Waals surface area contributed by atoms with E-state index < -0.39 is 0 Å². The van der Waals surface area contributed by atoms with Gasteiger partial charge in [0.15, 0.2) is 11.5 Å². The highest BCUT2D eigenvalue weighted by Gasteiger charge is 2.07. The van der Waals surface area contributed by atoms with Crippen LogP contribution in [-0.2, 0) is 19.6 Å². The molecule has 3 rings (SSSR count). The van der Waals surface area contributed by atoms with Gasteiger partial charge in [-0.05, 0) is 66.7 Å². The van der Waals surface area contributed by atoms with Crippen molar-refractivity contribution in [3.8, 4) is 17.2 Å². The van der Waals surface area contributed by atoms with Crippen molar-refractivity contribution in [2.45, 2.75) is 26.5 Å². The lowest BCUT2D eigenvalue weighted by Gasteiger charge is -2.13. The summed E-state index contributed by atoms with van der Waals surface area (Å²) in [5, 5.41) is 5.55. The highest BCUT2D eigenvalue weighted by molar-refractivity contribution is 7.09. The molecule has 0 unspecified atom stereocenters. The molecule has 4 nitrogen and oxygen atoms in total. The van der Waals surface area contributed by atoms with Gasteiger partial charge in [0.25, 0.3) is 0 Å². The topological polar surface area (TPSA) is 39.7 Å². The molecule has 2 aromatic carbocycles. The molecule has 1 aromatic heterocycles. The molecule has 156 valence electrons. The Labute approximate surface area is 183 Å². The van der Waals surface area contributed by atoms with Crippen LogP contribution in [0.25, 0.3) is 0 Å². The lowest BCUT2D eigenvalue weighted by molar-refractivity contribution is 0.271. The molecule has 6 heteroatoms. The molecule has 0 aliphatic carbocycles. The molecule has 0 aliphatic rings. The molecule has 0 spiro atoms. The van der Waals surface area contributed by atoms with E-state index in [1.54, 1.807) is 18.4 Å². The molecule has 0 amide bonds. The summed E-state index contributed by atoms with van der Waals surface area (Å²) in [7, 11) is 1.69. The van der Waals surface area contributed by atoms with Crippen molar-refractivity contribution in [3.05, 3.63) is 76.0 Å². The van der Waals surface area contributed by atoms with Gasteiger partial charge in [0, 0.05) is 11.4 Å². The van der Waals surface area contributed by atoms with Crippen molar-refractivity contribution in [2.24, 2.45) is 0 Å². The molecule has 0 fully saturated rings. The fourth-order valence-electron chi connectivity index (χ4n) is 2.85. The van der Waals surface area contributed by atoms with Crippen LogP contribution < -0.4 is 19.5 Å². The fraction of sp³-hybridized carbons (Fsp3) is 0.304. The van der Waals surface area contributed by atoms with E-state index in [-0.39, 0.29) is 12.4 Å². The summed E-state index contributed by atoms with van der Waals surface area (Å²) in [6, 6.07) is 18.5. The average molecular weight is 434 g/mol. The van der Waals surface area contributed by atoms with Gasteiger partial charge in [-0.3, -0.25) is 0 Å². The van der Waals surface area contributed by atoms with E-state index in [1.165, 1.54) is 16.0 Å². The summed E-state index contributed by atoms with van der Waals surface area (Å²) >= 11 is 1.70. The second-order valence-electron chi connectivity index (χ2n) is 6.36. The lowest BCUT2D eigenvalue weighted by atomic mass is 10.1. The zero-order valence-corrected chi connectivity index (χ0v) is 18.5. The van der Waals surface area contributed by atoms with Crippen LogP contribution in [0.3, 0.4) is 0 Å². The third-order valence-electron chi connectivity index (χ3n) is 4.34. The predicted octanol–water partition coefficient (Wildman–Crippen LogP) is 5.49. The Morgan fingerprint density at radius 3 is 2.41 bits per heavy atom. The standard InChI is InChI=1S/C23H27NO3S.ClH/c1-3-26-23-15-19(8-11-22(23)27-17-21-5-4-14-28-21)16-24-13-12-18-6-9-20(25-2)10-7-18;/h4-11,14-15,24H,3,12-13,16-17H2,1-2H3;1H. The van der Waals surface area contributed by atoms with Crippen molar-refractivity contribution in [3.63, 3.8) is 0 Å². The molecule has 0 saturated carbocycles. The normalized spacial score (nSPS) is 10.3. The second kappa shape index (κ2) is 12.4. The van der Waals surface area contributed by atoms with E-state index in [4.69, 9.17) is 14.2 Å². The second-order valence-corrected chi connectivity index (χ2v) is 7.39. The molecule has 0 radical (unpaired) electrons. The van der Waals surface area contributed by atoms with Gasteiger partial charge >= 0.3 is 0 Å². The smallest absolute Gasteiger partial charge is 0.161 e. The van der Waals surface area contributed by atoms with E-state index in [9.17, 15) is 0 Å². The van der Waals surface area contributed by atoms with Gasteiger partial charge in [-0.2, -0.15) is 0 Å². The van der Waals surface area contributed by atoms with Crippen molar-refractivity contribution in [1.29, 1.82) is 0 Å². The number of hydrogen-bond acceptors (Lipinski definition) is 5. The van der Waals surface area contributed by atoms with E-state index >= 15 is 0 Å². The Morgan fingerprint density at radius 2 is 1.72 bits per heavy atom. The lowest BCUT2D eigenvalue weighted by Crippen LogP contribution is -2.16. The van der Waals surface area contributed by atoms with Crippen LogP contribution in [0.15, 0.2) is 60.0 Å². The number of rotatable bonds is 11. The van der Waals surface area contributed by atoms with Crippen molar-refractivity contribution >= 4 is 23.7 Å². The Morgan fingerprint density at radius 1 is 0.931 bits per heavy atom.